The molecule has 0 radical (unpaired) electrons. The first-order valence-corrected chi connectivity index (χ1v) is 7.87. The highest BCUT2D eigenvalue weighted by Crippen LogP contribution is 2.24. The standard InChI is InChI=1S/C15H12N6OS/c16-15-19-13(23-9-10-3-5-17-6-4-10)8-12-18-14(20-21(12)15)11-2-1-7-22-11/h1-8H,9H2,(H2,16,19). The van der Waals surface area contributed by atoms with Crippen LogP contribution in [0.15, 0.2) is 58.4 Å². The van der Waals surface area contributed by atoms with Gasteiger partial charge in [0.1, 0.15) is 5.03 Å². The highest BCUT2D eigenvalue weighted by molar-refractivity contribution is 7.98. The van der Waals surface area contributed by atoms with E-state index in [-0.39, 0.29) is 0 Å². The predicted octanol–water partition coefficient (Wildman–Crippen LogP) is 2.65. The predicted molar refractivity (Wildman–Crippen MR) is 86.7 cm³/mol. The van der Waals surface area contributed by atoms with E-state index in [1.165, 1.54) is 10.1 Å². The van der Waals surface area contributed by atoms with Gasteiger partial charge in [-0.15, -0.1) is 16.9 Å². The van der Waals surface area contributed by atoms with Crippen molar-refractivity contribution in [2.24, 2.45) is 0 Å². The van der Waals surface area contributed by atoms with Crippen LogP contribution in [0.25, 0.3) is 17.2 Å². The zero-order valence-corrected chi connectivity index (χ0v) is 12.8. The van der Waals surface area contributed by atoms with Crippen molar-refractivity contribution in [3.8, 4) is 11.6 Å². The number of furan rings is 1. The number of aromatic nitrogens is 5. The number of nitrogens with two attached hydrogens (primary N) is 1. The molecule has 0 unspecified atom stereocenters. The molecular formula is C15H12N6OS. The van der Waals surface area contributed by atoms with Crippen molar-refractivity contribution in [3.63, 3.8) is 0 Å². The number of nitrogens with zero attached hydrogens (tertiary/aromatic N) is 5. The summed E-state index contributed by atoms with van der Waals surface area (Å²) in [7, 11) is 0. The van der Waals surface area contributed by atoms with Crippen LogP contribution in [0, 0.1) is 0 Å². The van der Waals surface area contributed by atoms with Gasteiger partial charge in [0.2, 0.25) is 11.8 Å². The second-order valence-electron chi connectivity index (χ2n) is 4.78. The Morgan fingerprint density at radius 3 is 2.83 bits per heavy atom. The number of rotatable bonds is 4. The molecule has 0 fully saturated rings. The molecule has 4 aromatic heterocycles. The quantitative estimate of drug-likeness (QED) is 0.455. The molecule has 0 aromatic carbocycles. The number of nitrogen functional groups attached to an aromatic ring is 1. The number of thioether (sulfide) groups is 1. The van der Waals surface area contributed by atoms with Crippen LogP contribution in [-0.2, 0) is 5.75 Å². The van der Waals surface area contributed by atoms with E-state index in [2.05, 4.69) is 20.1 Å². The van der Waals surface area contributed by atoms with Gasteiger partial charge in [-0.2, -0.15) is 4.52 Å². The molecule has 8 heteroatoms. The second-order valence-corrected chi connectivity index (χ2v) is 5.78. The zero-order chi connectivity index (χ0) is 15.6. The van der Waals surface area contributed by atoms with Gasteiger partial charge in [-0.3, -0.25) is 4.98 Å². The minimum Gasteiger partial charge on any atom is -0.461 e. The average Bonchev–Trinajstić information content (AvgIpc) is 3.23. The van der Waals surface area contributed by atoms with Crippen LogP contribution in [0.1, 0.15) is 5.56 Å². The van der Waals surface area contributed by atoms with Crippen LogP contribution in [0.4, 0.5) is 5.95 Å². The average molecular weight is 324 g/mol. The summed E-state index contributed by atoms with van der Waals surface area (Å²) in [6.07, 6.45) is 5.13. The third-order valence-corrected chi connectivity index (χ3v) is 4.19. The topological polar surface area (TPSA) is 95.1 Å². The number of anilines is 1. The normalized spacial score (nSPS) is 11.1. The molecule has 23 heavy (non-hydrogen) atoms. The summed E-state index contributed by atoms with van der Waals surface area (Å²) in [6, 6.07) is 9.40. The van der Waals surface area contributed by atoms with Crippen LogP contribution < -0.4 is 5.73 Å². The third kappa shape index (κ3) is 2.76. The summed E-state index contributed by atoms with van der Waals surface area (Å²) in [5.41, 5.74) is 7.80. The number of hydrogen-bond acceptors (Lipinski definition) is 7. The van der Waals surface area contributed by atoms with Gasteiger partial charge in [0.25, 0.3) is 0 Å². The Kier molecular flexibility index (Phi) is 3.43. The molecule has 4 rings (SSSR count). The van der Waals surface area contributed by atoms with Gasteiger partial charge < -0.3 is 10.2 Å². The van der Waals surface area contributed by atoms with E-state index in [4.69, 9.17) is 10.2 Å². The Labute approximate surface area is 135 Å². The first kappa shape index (κ1) is 13.8. The van der Waals surface area contributed by atoms with E-state index >= 15 is 0 Å². The van der Waals surface area contributed by atoms with Gasteiger partial charge in [0.05, 0.1) is 6.26 Å². The van der Waals surface area contributed by atoms with Crippen molar-refractivity contribution in [1.82, 2.24) is 24.6 Å². The van der Waals surface area contributed by atoms with Crippen molar-refractivity contribution in [3.05, 3.63) is 54.6 Å². The molecule has 0 amide bonds. The van der Waals surface area contributed by atoms with E-state index in [0.717, 1.165) is 10.8 Å². The lowest BCUT2D eigenvalue weighted by molar-refractivity contribution is 0.577. The maximum atomic E-state index is 5.99. The molecule has 2 N–H and O–H groups in total. The first-order chi connectivity index (χ1) is 11.3. The van der Waals surface area contributed by atoms with E-state index in [9.17, 15) is 0 Å². The molecule has 0 atom stereocenters. The summed E-state index contributed by atoms with van der Waals surface area (Å²) in [5.74, 6) is 2.16. The summed E-state index contributed by atoms with van der Waals surface area (Å²) in [5, 5.41) is 5.12. The molecule has 7 nitrogen and oxygen atoms in total. The van der Waals surface area contributed by atoms with Crippen molar-refractivity contribution in [2.75, 3.05) is 5.73 Å². The molecule has 0 aliphatic heterocycles. The highest BCUT2D eigenvalue weighted by Gasteiger charge is 2.12. The Balaban J connectivity index is 1.64. The fraction of sp³-hybridized carbons (Fsp3) is 0.0667. The Morgan fingerprint density at radius 1 is 1.17 bits per heavy atom. The van der Waals surface area contributed by atoms with Crippen molar-refractivity contribution < 1.29 is 4.42 Å². The van der Waals surface area contributed by atoms with Crippen molar-refractivity contribution in [1.29, 1.82) is 0 Å². The molecule has 4 aromatic rings. The number of hydrogen-bond donors (Lipinski definition) is 1. The smallest absolute Gasteiger partial charge is 0.224 e. The minimum atomic E-state index is 0.296. The van der Waals surface area contributed by atoms with E-state index in [1.54, 1.807) is 42.6 Å². The van der Waals surface area contributed by atoms with Gasteiger partial charge >= 0.3 is 0 Å². The van der Waals surface area contributed by atoms with Gasteiger partial charge in [-0.05, 0) is 29.8 Å². The minimum absolute atomic E-state index is 0.296. The fourth-order valence-electron chi connectivity index (χ4n) is 2.11. The summed E-state index contributed by atoms with van der Waals surface area (Å²) in [6.45, 7) is 0. The van der Waals surface area contributed by atoms with Crippen LogP contribution in [0.5, 0.6) is 0 Å². The summed E-state index contributed by atoms with van der Waals surface area (Å²) in [4.78, 5) is 12.8. The van der Waals surface area contributed by atoms with Gasteiger partial charge in [0.15, 0.2) is 11.4 Å². The lowest BCUT2D eigenvalue weighted by Crippen LogP contribution is -2.02. The molecule has 0 aliphatic rings. The molecular weight excluding hydrogens is 312 g/mol. The summed E-state index contributed by atoms with van der Waals surface area (Å²) < 4.78 is 6.82. The van der Waals surface area contributed by atoms with Gasteiger partial charge in [-0.25, -0.2) is 9.97 Å². The van der Waals surface area contributed by atoms with E-state index in [1.807, 2.05) is 18.2 Å². The maximum Gasteiger partial charge on any atom is 0.224 e. The number of fused-ring (bicyclic) bond motifs is 1. The largest absolute Gasteiger partial charge is 0.461 e. The monoisotopic (exact) mass is 324 g/mol. The molecule has 0 aliphatic carbocycles. The molecule has 4 heterocycles. The first-order valence-electron chi connectivity index (χ1n) is 6.88. The van der Waals surface area contributed by atoms with E-state index < -0.39 is 0 Å². The van der Waals surface area contributed by atoms with Crippen LogP contribution >= 0.6 is 11.8 Å². The van der Waals surface area contributed by atoms with Crippen molar-refractivity contribution >= 4 is 23.4 Å². The molecule has 114 valence electrons. The van der Waals surface area contributed by atoms with Gasteiger partial charge in [-0.1, -0.05) is 0 Å². The SMILES string of the molecule is Nc1nc(SCc2ccncc2)cc2nc(-c3ccco3)nn12. The van der Waals surface area contributed by atoms with E-state index in [0.29, 0.717) is 23.2 Å². The molecule has 0 spiro atoms. The fourth-order valence-corrected chi connectivity index (χ4v) is 2.96. The molecule has 0 saturated heterocycles. The third-order valence-electron chi connectivity index (χ3n) is 3.20. The second kappa shape index (κ2) is 5.73. The Morgan fingerprint density at radius 2 is 2.04 bits per heavy atom. The molecule has 0 bridgehead atoms. The highest BCUT2D eigenvalue weighted by atomic mass is 32.2. The molecule has 0 saturated carbocycles. The van der Waals surface area contributed by atoms with Crippen LogP contribution in [0.2, 0.25) is 0 Å². The van der Waals surface area contributed by atoms with Crippen LogP contribution in [-0.4, -0.2) is 24.6 Å². The van der Waals surface area contributed by atoms with Crippen LogP contribution in [0.3, 0.4) is 0 Å². The van der Waals surface area contributed by atoms with Gasteiger partial charge in [0, 0.05) is 24.2 Å². The summed E-state index contributed by atoms with van der Waals surface area (Å²) >= 11 is 1.59. The maximum absolute atomic E-state index is 5.99. The zero-order valence-electron chi connectivity index (χ0n) is 12.0. The lowest BCUT2D eigenvalue weighted by Gasteiger charge is -2.03. The number of pyridine rings is 1. The Bertz CT molecular complexity index is 935. The van der Waals surface area contributed by atoms with Crippen molar-refractivity contribution in [2.45, 2.75) is 10.8 Å². The Hall–Kier alpha value is -2.87. The lowest BCUT2D eigenvalue weighted by atomic mass is 10.3.